The summed E-state index contributed by atoms with van der Waals surface area (Å²) in [6.07, 6.45) is 7.58. The van der Waals surface area contributed by atoms with Gasteiger partial charge in [-0.2, -0.15) is 4.31 Å². The molecule has 0 N–H and O–H groups in total. The van der Waals surface area contributed by atoms with Crippen LogP contribution in [0.1, 0.15) is 57.9 Å². The Morgan fingerprint density at radius 3 is 2.24 bits per heavy atom. The number of hydrogen-bond acceptors (Lipinski definition) is 3. The first-order valence-corrected chi connectivity index (χ1v) is 10.4. The molecular weight excluding hydrogens is 334 g/mol. The van der Waals surface area contributed by atoms with Crippen molar-refractivity contribution in [3.05, 3.63) is 41.5 Å². The maximum absolute atomic E-state index is 13.4. The molecule has 0 unspecified atom stereocenters. The molecule has 2 rings (SSSR count). The topological polar surface area (TPSA) is 54.5 Å². The number of aryl methyl sites for hydroxylation is 1. The average Bonchev–Trinajstić information content (AvgIpc) is 2.56. The standard InChI is InChI=1S/C20H29NO3S/c1-17(2)11-15-21(20(14-16-22)12-5-4-6-13-20)25(23,24)19-9-7-18(3)8-10-19/h7-11,16H,4-6,12-15H2,1-3H3. The number of sulfonamides is 1. The van der Waals surface area contributed by atoms with Crippen LogP contribution in [0.25, 0.3) is 0 Å². The smallest absolute Gasteiger partial charge is 0.243 e. The zero-order valence-electron chi connectivity index (χ0n) is 15.5. The molecule has 4 nitrogen and oxygen atoms in total. The minimum absolute atomic E-state index is 0.259. The molecule has 25 heavy (non-hydrogen) atoms. The average molecular weight is 364 g/mol. The molecule has 0 bridgehead atoms. The second-order valence-electron chi connectivity index (χ2n) is 7.29. The lowest BCUT2D eigenvalue weighted by Crippen LogP contribution is -2.53. The van der Waals surface area contributed by atoms with Gasteiger partial charge in [0.1, 0.15) is 6.29 Å². The van der Waals surface area contributed by atoms with Crippen LogP contribution in [-0.4, -0.2) is 31.1 Å². The van der Waals surface area contributed by atoms with Crippen LogP contribution in [0.5, 0.6) is 0 Å². The molecule has 0 radical (unpaired) electrons. The van der Waals surface area contributed by atoms with E-state index in [0.717, 1.165) is 49.5 Å². The zero-order valence-corrected chi connectivity index (χ0v) is 16.3. The van der Waals surface area contributed by atoms with Gasteiger partial charge >= 0.3 is 0 Å². The monoisotopic (exact) mass is 363 g/mol. The van der Waals surface area contributed by atoms with Crippen LogP contribution in [0, 0.1) is 6.92 Å². The fourth-order valence-corrected chi connectivity index (χ4v) is 5.34. The van der Waals surface area contributed by atoms with Gasteiger partial charge < -0.3 is 4.79 Å². The predicted molar refractivity (Wildman–Crippen MR) is 101 cm³/mol. The molecular formula is C20H29NO3S. The highest BCUT2D eigenvalue weighted by atomic mass is 32.2. The van der Waals surface area contributed by atoms with E-state index >= 15 is 0 Å². The van der Waals surface area contributed by atoms with Crippen molar-refractivity contribution in [2.24, 2.45) is 0 Å². The number of benzene rings is 1. The van der Waals surface area contributed by atoms with E-state index in [4.69, 9.17) is 0 Å². The lowest BCUT2D eigenvalue weighted by molar-refractivity contribution is -0.110. The number of rotatable bonds is 7. The van der Waals surface area contributed by atoms with Crippen molar-refractivity contribution in [2.45, 2.75) is 69.7 Å². The highest BCUT2D eigenvalue weighted by Crippen LogP contribution is 2.39. The van der Waals surface area contributed by atoms with Crippen LogP contribution in [-0.2, 0) is 14.8 Å². The van der Waals surface area contributed by atoms with E-state index < -0.39 is 15.6 Å². The first kappa shape index (κ1) is 19.9. The Labute approximate surface area is 152 Å². The van der Waals surface area contributed by atoms with Gasteiger partial charge in [0, 0.05) is 18.5 Å². The van der Waals surface area contributed by atoms with E-state index in [9.17, 15) is 13.2 Å². The van der Waals surface area contributed by atoms with E-state index in [1.165, 1.54) is 0 Å². The lowest BCUT2D eigenvalue weighted by atomic mass is 9.79. The minimum Gasteiger partial charge on any atom is -0.303 e. The molecule has 0 aromatic heterocycles. The van der Waals surface area contributed by atoms with Crippen molar-refractivity contribution in [1.82, 2.24) is 4.31 Å². The molecule has 1 fully saturated rings. The van der Waals surface area contributed by atoms with E-state index in [1.54, 1.807) is 16.4 Å². The maximum Gasteiger partial charge on any atom is 0.243 e. The van der Waals surface area contributed by atoms with Gasteiger partial charge in [-0.25, -0.2) is 8.42 Å². The summed E-state index contributed by atoms with van der Waals surface area (Å²) in [6, 6.07) is 6.97. The van der Waals surface area contributed by atoms with Gasteiger partial charge in [0.15, 0.2) is 0 Å². The van der Waals surface area contributed by atoms with Gasteiger partial charge in [-0.15, -0.1) is 0 Å². The summed E-state index contributed by atoms with van der Waals surface area (Å²) in [6.45, 7) is 6.17. The number of aldehydes is 1. The first-order chi connectivity index (χ1) is 11.8. The number of nitrogens with zero attached hydrogens (tertiary/aromatic N) is 1. The van der Waals surface area contributed by atoms with Gasteiger partial charge in [-0.3, -0.25) is 0 Å². The van der Waals surface area contributed by atoms with Gasteiger partial charge in [0.05, 0.1) is 4.90 Å². The largest absolute Gasteiger partial charge is 0.303 e. The molecule has 1 aliphatic carbocycles. The summed E-state index contributed by atoms with van der Waals surface area (Å²) in [5.74, 6) is 0. The van der Waals surface area contributed by atoms with Crippen LogP contribution in [0.3, 0.4) is 0 Å². The summed E-state index contributed by atoms with van der Waals surface area (Å²) >= 11 is 0. The third-order valence-electron chi connectivity index (χ3n) is 5.05. The quantitative estimate of drug-likeness (QED) is 0.538. The van der Waals surface area contributed by atoms with Crippen LogP contribution in [0.2, 0.25) is 0 Å². The Bertz CT molecular complexity index is 710. The molecule has 0 atom stereocenters. The van der Waals surface area contributed by atoms with E-state index in [-0.39, 0.29) is 6.42 Å². The normalized spacial score (nSPS) is 17.3. The first-order valence-electron chi connectivity index (χ1n) is 8.98. The summed E-state index contributed by atoms with van der Waals surface area (Å²) in [5.41, 5.74) is 1.49. The molecule has 0 spiro atoms. The molecule has 5 heteroatoms. The third kappa shape index (κ3) is 4.59. The third-order valence-corrected chi connectivity index (χ3v) is 7.04. The van der Waals surface area contributed by atoms with Gasteiger partial charge in [0.2, 0.25) is 10.0 Å². The van der Waals surface area contributed by atoms with Gasteiger partial charge in [0.25, 0.3) is 0 Å². The fourth-order valence-electron chi connectivity index (χ4n) is 3.57. The van der Waals surface area contributed by atoms with Crippen molar-refractivity contribution >= 4 is 16.3 Å². The number of carbonyl (C=O) groups excluding carboxylic acids is 1. The van der Waals surface area contributed by atoms with Crippen molar-refractivity contribution in [2.75, 3.05) is 6.54 Å². The van der Waals surface area contributed by atoms with E-state index in [2.05, 4.69) is 0 Å². The number of allylic oxidation sites excluding steroid dienone is 1. The fraction of sp³-hybridized carbons (Fsp3) is 0.550. The Balaban J connectivity index is 2.51. The summed E-state index contributed by atoms with van der Waals surface area (Å²) < 4.78 is 28.4. The Morgan fingerprint density at radius 1 is 1.12 bits per heavy atom. The highest BCUT2D eigenvalue weighted by molar-refractivity contribution is 7.89. The van der Waals surface area contributed by atoms with Crippen LogP contribution >= 0.6 is 0 Å². The van der Waals surface area contributed by atoms with Crippen LogP contribution in [0.15, 0.2) is 40.8 Å². The van der Waals surface area contributed by atoms with Crippen molar-refractivity contribution in [1.29, 1.82) is 0 Å². The SMILES string of the molecule is CC(C)=CCN(C1(CC=O)CCCCC1)S(=O)(=O)c1ccc(C)cc1. The minimum atomic E-state index is -3.66. The van der Waals surface area contributed by atoms with E-state index in [1.807, 2.05) is 39.0 Å². The Hall–Kier alpha value is -1.46. The van der Waals surface area contributed by atoms with Crippen molar-refractivity contribution in [3.63, 3.8) is 0 Å². The molecule has 0 aliphatic heterocycles. The van der Waals surface area contributed by atoms with Crippen molar-refractivity contribution < 1.29 is 13.2 Å². The molecule has 1 saturated carbocycles. The summed E-state index contributed by atoms with van der Waals surface area (Å²) in [4.78, 5) is 11.7. The van der Waals surface area contributed by atoms with E-state index in [0.29, 0.717) is 11.4 Å². The zero-order chi connectivity index (χ0) is 18.5. The maximum atomic E-state index is 13.4. The lowest BCUT2D eigenvalue weighted by Gasteiger charge is -2.44. The molecule has 0 heterocycles. The molecule has 1 aromatic carbocycles. The molecule has 0 saturated heterocycles. The van der Waals surface area contributed by atoms with Crippen LogP contribution < -0.4 is 0 Å². The second kappa shape index (κ2) is 8.28. The predicted octanol–water partition coefficient (Wildman–Crippen LogP) is 4.24. The summed E-state index contributed by atoms with van der Waals surface area (Å²) in [5, 5.41) is 0. The molecule has 138 valence electrons. The number of carbonyl (C=O) groups is 1. The number of hydrogen-bond donors (Lipinski definition) is 0. The van der Waals surface area contributed by atoms with Crippen molar-refractivity contribution in [3.8, 4) is 0 Å². The van der Waals surface area contributed by atoms with Gasteiger partial charge in [-0.05, 0) is 45.7 Å². The second-order valence-corrected chi connectivity index (χ2v) is 9.15. The summed E-state index contributed by atoms with van der Waals surface area (Å²) in [7, 11) is -3.66. The van der Waals surface area contributed by atoms with Gasteiger partial charge in [-0.1, -0.05) is 48.6 Å². The Kier molecular flexibility index (Phi) is 6.58. The molecule has 0 amide bonds. The molecule has 1 aromatic rings. The van der Waals surface area contributed by atoms with Crippen LogP contribution in [0.4, 0.5) is 0 Å². The highest BCUT2D eigenvalue weighted by Gasteiger charge is 2.43. The Morgan fingerprint density at radius 2 is 1.72 bits per heavy atom. The molecule has 1 aliphatic rings.